The molecule has 1 saturated heterocycles. The van der Waals surface area contributed by atoms with Gasteiger partial charge in [0.05, 0.1) is 30.5 Å². The second-order valence-corrected chi connectivity index (χ2v) is 13.0. The zero-order chi connectivity index (χ0) is 30.6. The van der Waals surface area contributed by atoms with Crippen LogP contribution in [-0.2, 0) is 19.1 Å². The van der Waals surface area contributed by atoms with Crippen molar-refractivity contribution in [2.24, 2.45) is 0 Å². The van der Waals surface area contributed by atoms with Gasteiger partial charge >= 0.3 is 5.97 Å². The van der Waals surface area contributed by atoms with E-state index in [-0.39, 0.29) is 42.6 Å². The van der Waals surface area contributed by atoms with E-state index < -0.39 is 12.2 Å². The second-order valence-electron chi connectivity index (χ2n) is 13.0. The minimum absolute atomic E-state index is 0.0104. The number of Topliss-reactive ketones (excluding diaryl/α,β-unsaturated/α-hetero) is 1. The molecule has 0 saturated carbocycles. The molecule has 2 aliphatic heterocycles. The predicted octanol–water partition coefficient (Wildman–Crippen LogP) is 7.27. The summed E-state index contributed by atoms with van der Waals surface area (Å²) in [6.45, 7) is 3.60. The Labute approximate surface area is 255 Å². The molecule has 0 aromatic rings. The summed E-state index contributed by atoms with van der Waals surface area (Å²) in [7, 11) is 0. The van der Waals surface area contributed by atoms with Gasteiger partial charge in [0.2, 0.25) is 0 Å². The van der Waals surface area contributed by atoms with Crippen molar-refractivity contribution in [3.63, 3.8) is 0 Å². The summed E-state index contributed by atoms with van der Waals surface area (Å²) in [5, 5.41) is 31.0. The molecule has 7 nitrogen and oxygen atoms in total. The molecular weight excluding hydrogens is 532 g/mol. The van der Waals surface area contributed by atoms with Crippen LogP contribution in [0, 0.1) is 0 Å². The zero-order valence-electron chi connectivity index (χ0n) is 26.8. The molecule has 2 heterocycles. The molecule has 0 aromatic carbocycles. The molecule has 42 heavy (non-hydrogen) atoms. The molecule has 6 atom stereocenters. The number of ether oxygens (including phenoxy) is 2. The van der Waals surface area contributed by atoms with Gasteiger partial charge in [-0.3, -0.25) is 4.79 Å². The van der Waals surface area contributed by atoms with Crippen molar-refractivity contribution in [3.8, 4) is 0 Å². The topological polar surface area (TPSA) is 113 Å². The van der Waals surface area contributed by atoms with Crippen LogP contribution >= 0.6 is 0 Å². The van der Waals surface area contributed by atoms with Crippen molar-refractivity contribution < 1.29 is 34.4 Å². The van der Waals surface area contributed by atoms with Gasteiger partial charge in [0.25, 0.3) is 0 Å². The summed E-state index contributed by atoms with van der Waals surface area (Å²) in [5.41, 5.74) is 0.512. The molecule has 0 spiro atoms. The van der Waals surface area contributed by atoms with Crippen molar-refractivity contribution in [1.82, 2.24) is 0 Å². The maximum absolute atomic E-state index is 11.8. The first-order chi connectivity index (χ1) is 20.3. The lowest BCUT2D eigenvalue weighted by Gasteiger charge is -2.22. The molecule has 0 radical (unpaired) electrons. The van der Waals surface area contributed by atoms with E-state index in [4.69, 9.17) is 9.47 Å². The highest BCUT2D eigenvalue weighted by atomic mass is 16.5. The zero-order valence-corrected chi connectivity index (χ0v) is 26.8. The van der Waals surface area contributed by atoms with Gasteiger partial charge in [-0.05, 0) is 64.4 Å². The molecule has 0 aromatic heterocycles. The molecule has 7 heteroatoms. The number of unbranched alkanes of at least 4 members (excludes halogenated alkanes) is 12. The summed E-state index contributed by atoms with van der Waals surface area (Å²) in [4.78, 5) is 23.0. The van der Waals surface area contributed by atoms with Crippen molar-refractivity contribution in [2.75, 3.05) is 0 Å². The number of carbonyl (C=O) groups is 2. The first kappa shape index (κ1) is 36.9. The average Bonchev–Trinajstić information content (AvgIpc) is 3.58. The smallest absolute Gasteiger partial charge is 0.334 e. The number of ketones is 1. The van der Waals surface area contributed by atoms with E-state index in [2.05, 4.69) is 6.92 Å². The summed E-state index contributed by atoms with van der Waals surface area (Å²) in [5.74, 6) is -0.343. The fourth-order valence-corrected chi connectivity index (χ4v) is 6.39. The van der Waals surface area contributed by atoms with Crippen LogP contribution in [0.4, 0.5) is 0 Å². The fourth-order valence-electron chi connectivity index (χ4n) is 6.39. The molecule has 0 aliphatic carbocycles. The van der Waals surface area contributed by atoms with Crippen LogP contribution in [0.1, 0.15) is 162 Å². The Morgan fingerprint density at radius 3 is 1.74 bits per heavy atom. The Bertz CT molecular complexity index is 766. The Morgan fingerprint density at radius 1 is 0.762 bits per heavy atom. The average molecular weight is 595 g/mol. The molecule has 244 valence electrons. The lowest BCUT2D eigenvalue weighted by atomic mass is 10.00. The van der Waals surface area contributed by atoms with Crippen molar-refractivity contribution >= 4 is 11.8 Å². The van der Waals surface area contributed by atoms with E-state index in [0.29, 0.717) is 5.57 Å². The Hall–Kier alpha value is -1.28. The van der Waals surface area contributed by atoms with Gasteiger partial charge in [-0.15, -0.1) is 0 Å². The largest absolute Gasteiger partial charge is 0.455 e. The maximum Gasteiger partial charge on any atom is 0.334 e. The van der Waals surface area contributed by atoms with Gasteiger partial charge in [-0.1, -0.05) is 96.8 Å². The molecule has 1 unspecified atom stereocenters. The summed E-state index contributed by atoms with van der Waals surface area (Å²) in [6, 6.07) is 0. The highest BCUT2D eigenvalue weighted by Gasteiger charge is 2.34. The van der Waals surface area contributed by atoms with E-state index in [9.17, 15) is 24.9 Å². The summed E-state index contributed by atoms with van der Waals surface area (Å²) >= 11 is 0. The molecular formula is C35H62O7. The van der Waals surface area contributed by atoms with Gasteiger partial charge < -0.3 is 24.8 Å². The Kier molecular flexibility index (Phi) is 19.6. The van der Waals surface area contributed by atoms with E-state index in [1.807, 2.05) is 6.08 Å². The van der Waals surface area contributed by atoms with Crippen LogP contribution in [0.2, 0.25) is 0 Å². The minimum Gasteiger partial charge on any atom is -0.455 e. The third-order valence-electron chi connectivity index (χ3n) is 8.94. The highest BCUT2D eigenvalue weighted by molar-refractivity contribution is 5.96. The number of aliphatic hydroxyl groups is 3. The normalized spacial score (nSPS) is 22.6. The van der Waals surface area contributed by atoms with E-state index >= 15 is 0 Å². The molecule has 2 rings (SSSR count). The minimum atomic E-state index is -0.437. The SMILES string of the molecule is CCC[C@H](O)CCCCCCCC[C@H](O)[C@H]1CC[C@H]([C@H](O)CCCCCCCCCCC2C=C(CC(C)=O)C(=O)O2)O1. The molecule has 3 N–H and O–H groups in total. The Morgan fingerprint density at radius 2 is 1.24 bits per heavy atom. The third-order valence-corrected chi connectivity index (χ3v) is 8.94. The quantitative estimate of drug-likeness (QED) is 0.0713. The second kappa shape index (κ2) is 22.3. The monoisotopic (exact) mass is 594 g/mol. The predicted molar refractivity (Wildman–Crippen MR) is 167 cm³/mol. The molecule has 1 fully saturated rings. The van der Waals surface area contributed by atoms with Gasteiger partial charge in [-0.2, -0.15) is 0 Å². The number of esters is 1. The van der Waals surface area contributed by atoms with Crippen LogP contribution in [0.15, 0.2) is 11.6 Å². The van der Waals surface area contributed by atoms with E-state index in [1.54, 1.807) is 0 Å². The fraction of sp³-hybridized carbons (Fsp3) is 0.886. The van der Waals surface area contributed by atoms with Crippen LogP contribution in [0.25, 0.3) is 0 Å². The molecule has 0 bridgehead atoms. The summed E-state index contributed by atoms with van der Waals surface area (Å²) in [6.07, 6.45) is 23.4. The number of carbonyl (C=O) groups excluding carboxylic acids is 2. The van der Waals surface area contributed by atoms with Crippen molar-refractivity contribution in [2.45, 2.75) is 198 Å². The van der Waals surface area contributed by atoms with Crippen molar-refractivity contribution in [1.29, 1.82) is 0 Å². The number of aliphatic hydroxyl groups excluding tert-OH is 3. The van der Waals surface area contributed by atoms with Crippen LogP contribution in [0.3, 0.4) is 0 Å². The first-order valence-electron chi connectivity index (χ1n) is 17.4. The third kappa shape index (κ3) is 16.0. The standard InChI is InChI=1S/C35H62O7/c1-3-18-29(37)19-14-10-8-9-13-17-22-32(39)34-24-23-33(42-34)31(38)21-16-12-7-5-4-6-11-15-20-30-26-28(25-27(2)36)35(40)41-30/h26,29-34,37-39H,3-25H2,1-2H3/t29-,30?,31+,32-,33+,34+/m0/s1. The number of cyclic esters (lactones) is 1. The van der Waals surface area contributed by atoms with Gasteiger partial charge in [0, 0.05) is 12.0 Å². The van der Waals surface area contributed by atoms with Gasteiger partial charge in [0.15, 0.2) is 0 Å². The highest BCUT2D eigenvalue weighted by Crippen LogP contribution is 2.28. The van der Waals surface area contributed by atoms with Crippen molar-refractivity contribution in [3.05, 3.63) is 11.6 Å². The molecule has 0 amide bonds. The van der Waals surface area contributed by atoms with Crippen LogP contribution < -0.4 is 0 Å². The maximum atomic E-state index is 11.8. The molecule has 2 aliphatic rings. The van der Waals surface area contributed by atoms with Crippen LogP contribution in [0.5, 0.6) is 0 Å². The van der Waals surface area contributed by atoms with E-state index in [0.717, 1.165) is 96.3 Å². The lowest BCUT2D eigenvalue weighted by molar-refractivity contribution is -0.140. The first-order valence-corrected chi connectivity index (χ1v) is 17.4. The summed E-state index contributed by atoms with van der Waals surface area (Å²) < 4.78 is 11.4. The lowest BCUT2D eigenvalue weighted by Crippen LogP contribution is -2.31. The Balaban J connectivity index is 1.39. The van der Waals surface area contributed by atoms with E-state index in [1.165, 1.54) is 51.9 Å². The van der Waals surface area contributed by atoms with Gasteiger partial charge in [0.1, 0.15) is 11.9 Å². The number of hydrogen-bond acceptors (Lipinski definition) is 7. The number of rotatable bonds is 26. The number of hydrogen-bond donors (Lipinski definition) is 3. The van der Waals surface area contributed by atoms with Gasteiger partial charge in [-0.25, -0.2) is 4.79 Å². The van der Waals surface area contributed by atoms with Crippen LogP contribution in [-0.4, -0.2) is 63.7 Å².